The maximum atomic E-state index is 5.97. The molecule has 0 aromatic heterocycles. The average Bonchev–Trinajstić information content (AvgIpc) is 2.02. The van der Waals surface area contributed by atoms with Crippen LogP contribution in [0.1, 0.15) is 53.4 Å². The van der Waals surface area contributed by atoms with Gasteiger partial charge in [0.25, 0.3) is 0 Å². The molecule has 0 N–H and O–H groups in total. The smallest absolute Gasteiger partial charge is 0.158 e. The van der Waals surface area contributed by atoms with Crippen LogP contribution in [-0.2, 0) is 9.47 Å². The average molecular weight is 200 g/mol. The van der Waals surface area contributed by atoms with Gasteiger partial charge in [-0.1, -0.05) is 13.8 Å². The summed E-state index contributed by atoms with van der Waals surface area (Å²) in [7, 11) is 0. The minimum Gasteiger partial charge on any atom is -0.353 e. The SMILES string of the molecule is CC(C)CC(C)(C)OC1CCCCO1. The number of ether oxygens (including phenoxy) is 2. The zero-order chi connectivity index (χ0) is 10.6. The van der Waals surface area contributed by atoms with E-state index in [1.165, 1.54) is 12.8 Å². The fraction of sp³-hybridized carbons (Fsp3) is 1.00. The van der Waals surface area contributed by atoms with Gasteiger partial charge in [0, 0.05) is 6.61 Å². The van der Waals surface area contributed by atoms with Gasteiger partial charge in [0.1, 0.15) is 0 Å². The molecule has 0 radical (unpaired) electrons. The van der Waals surface area contributed by atoms with E-state index in [-0.39, 0.29) is 11.9 Å². The summed E-state index contributed by atoms with van der Waals surface area (Å²) in [5, 5.41) is 0. The van der Waals surface area contributed by atoms with Gasteiger partial charge in [0.2, 0.25) is 0 Å². The fourth-order valence-corrected chi connectivity index (χ4v) is 2.19. The summed E-state index contributed by atoms with van der Waals surface area (Å²) < 4.78 is 11.5. The Morgan fingerprint density at radius 2 is 2.07 bits per heavy atom. The topological polar surface area (TPSA) is 18.5 Å². The van der Waals surface area contributed by atoms with E-state index in [1.54, 1.807) is 0 Å². The molecule has 2 nitrogen and oxygen atoms in total. The molecule has 1 unspecified atom stereocenters. The van der Waals surface area contributed by atoms with Gasteiger partial charge < -0.3 is 9.47 Å². The van der Waals surface area contributed by atoms with Crippen LogP contribution in [0.25, 0.3) is 0 Å². The predicted octanol–water partition coefficient (Wildman–Crippen LogP) is 3.35. The van der Waals surface area contributed by atoms with Crippen molar-refractivity contribution in [2.24, 2.45) is 5.92 Å². The summed E-state index contributed by atoms with van der Waals surface area (Å²) in [4.78, 5) is 0. The van der Waals surface area contributed by atoms with Crippen LogP contribution < -0.4 is 0 Å². The van der Waals surface area contributed by atoms with Gasteiger partial charge >= 0.3 is 0 Å². The molecule has 0 aliphatic carbocycles. The largest absolute Gasteiger partial charge is 0.353 e. The van der Waals surface area contributed by atoms with Crippen molar-refractivity contribution < 1.29 is 9.47 Å². The predicted molar refractivity (Wildman–Crippen MR) is 58.2 cm³/mol. The lowest BCUT2D eigenvalue weighted by molar-refractivity contribution is -0.218. The van der Waals surface area contributed by atoms with Gasteiger partial charge in [-0.25, -0.2) is 0 Å². The van der Waals surface area contributed by atoms with Gasteiger partial charge in [-0.3, -0.25) is 0 Å². The first kappa shape index (κ1) is 12.0. The minimum absolute atomic E-state index is 0.0394. The van der Waals surface area contributed by atoms with E-state index in [9.17, 15) is 0 Å². The van der Waals surface area contributed by atoms with Crippen LogP contribution >= 0.6 is 0 Å². The van der Waals surface area contributed by atoms with E-state index in [0.29, 0.717) is 5.92 Å². The highest BCUT2D eigenvalue weighted by molar-refractivity contribution is 4.72. The Balaban J connectivity index is 2.32. The summed E-state index contributed by atoms with van der Waals surface area (Å²) in [6.07, 6.45) is 4.61. The minimum atomic E-state index is -0.0455. The molecule has 84 valence electrons. The molecule has 1 atom stereocenters. The first-order valence-electron chi connectivity index (χ1n) is 5.79. The van der Waals surface area contributed by atoms with E-state index in [4.69, 9.17) is 9.47 Å². The molecule has 1 aliphatic rings. The second kappa shape index (κ2) is 5.13. The van der Waals surface area contributed by atoms with Gasteiger partial charge in [0.15, 0.2) is 6.29 Å². The summed E-state index contributed by atoms with van der Waals surface area (Å²) in [5.74, 6) is 0.675. The van der Waals surface area contributed by atoms with Crippen LogP contribution in [0, 0.1) is 5.92 Å². The van der Waals surface area contributed by atoms with E-state index < -0.39 is 0 Å². The van der Waals surface area contributed by atoms with Gasteiger partial charge in [-0.15, -0.1) is 0 Å². The monoisotopic (exact) mass is 200 g/mol. The molecule has 0 aromatic rings. The van der Waals surface area contributed by atoms with Gasteiger partial charge in [-0.05, 0) is 45.4 Å². The van der Waals surface area contributed by atoms with Crippen molar-refractivity contribution in [2.75, 3.05) is 6.61 Å². The highest BCUT2D eigenvalue weighted by Gasteiger charge is 2.26. The lowest BCUT2D eigenvalue weighted by Gasteiger charge is -2.33. The van der Waals surface area contributed by atoms with E-state index in [2.05, 4.69) is 27.7 Å². The maximum absolute atomic E-state index is 5.97. The molecule has 1 rings (SSSR count). The lowest BCUT2D eigenvalue weighted by atomic mass is 9.96. The molecule has 14 heavy (non-hydrogen) atoms. The Bertz CT molecular complexity index is 158. The molecule has 0 spiro atoms. The molecular formula is C12H24O2. The molecule has 1 heterocycles. The summed E-state index contributed by atoms with van der Waals surface area (Å²) in [5.41, 5.74) is -0.0455. The Hall–Kier alpha value is -0.0800. The molecular weight excluding hydrogens is 176 g/mol. The highest BCUT2D eigenvalue weighted by Crippen LogP contribution is 2.25. The molecule has 1 saturated heterocycles. The lowest BCUT2D eigenvalue weighted by Crippen LogP contribution is -2.35. The van der Waals surface area contributed by atoms with Crippen molar-refractivity contribution >= 4 is 0 Å². The Labute approximate surface area is 88.0 Å². The van der Waals surface area contributed by atoms with Crippen molar-refractivity contribution in [1.29, 1.82) is 0 Å². The summed E-state index contributed by atoms with van der Waals surface area (Å²) >= 11 is 0. The van der Waals surface area contributed by atoms with Gasteiger partial charge in [-0.2, -0.15) is 0 Å². The summed E-state index contributed by atoms with van der Waals surface area (Å²) in [6, 6.07) is 0. The quantitative estimate of drug-likeness (QED) is 0.693. The van der Waals surface area contributed by atoms with E-state index >= 15 is 0 Å². The van der Waals surface area contributed by atoms with Crippen molar-refractivity contribution in [3.8, 4) is 0 Å². The zero-order valence-electron chi connectivity index (χ0n) is 10.0. The molecule has 1 aliphatic heterocycles. The number of hydrogen-bond donors (Lipinski definition) is 0. The van der Waals surface area contributed by atoms with Crippen LogP contribution in [0.5, 0.6) is 0 Å². The molecule has 0 amide bonds. The van der Waals surface area contributed by atoms with Crippen LogP contribution in [0.4, 0.5) is 0 Å². The van der Waals surface area contributed by atoms with Crippen LogP contribution in [-0.4, -0.2) is 18.5 Å². The third-order valence-corrected chi connectivity index (χ3v) is 2.49. The van der Waals surface area contributed by atoms with Crippen molar-refractivity contribution in [1.82, 2.24) is 0 Å². The molecule has 0 aromatic carbocycles. The van der Waals surface area contributed by atoms with Crippen molar-refractivity contribution in [3.05, 3.63) is 0 Å². The summed E-state index contributed by atoms with van der Waals surface area (Å²) in [6.45, 7) is 9.64. The zero-order valence-corrected chi connectivity index (χ0v) is 10.0. The van der Waals surface area contributed by atoms with E-state index in [0.717, 1.165) is 19.4 Å². The van der Waals surface area contributed by atoms with E-state index in [1.807, 2.05) is 0 Å². The first-order chi connectivity index (χ1) is 6.49. The first-order valence-corrected chi connectivity index (χ1v) is 5.79. The van der Waals surface area contributed by atoms with Crippen molar-refractivity contribution in [2.45, 2.75) is 65.3 Å². The third kappa shape index (κ3) is 4.43. The highest BCUT2D eigenvalue weighted by atomic mass is 16.7. The van der Waals surface area contributed by atoms with Crippen molar-refractivity contribution in [3.63, 3.8) is 0 Å². The Kier molecular flexibility index (Phi) is 4.39. The van der Waals surface area contributed by atoms with Crippen LogP contribution in [0.2, 0.25) is 0 Å². The molecule has 2 heteroatoms. The standard InChI is InChI=1S/C12H24O2/c1-10(2)9-12(3,4)14-11-7-5-6-8-13-11/h10-11H,5-9H2,1-4H3. The molecule has 0 saturated carbocycles. The van der Waals surface area contributed by atoms with Crippen LogP contribution in [0.3, 0.4) is 0 Å². The Morgan fingerprint density at radius 1 is 1.36 bits per heavy atom. The molecule has 1 fully saturated rings. The second-order valence-electron chi connectivity index (χ2n) is 5.27. The number of hydrogen-bond acceptors (Lipinski definition) is 2. The van der Waals surface area contributed by atoms with Gasteiger partial charge in [0.05, 0.1) is 5.60 Å². The number of rotatable bonds is 4. The maximum Gasteiger partial charge on any atom is 0.158 e. The molecule has 0 bridgehead atoms. The fourth-order valence-electron chi connectivity index (χ4n) is 2.19. The second-order valence-corrected chi connectivity index (χ2v) is 5.27. The van der Waals surface area contributed by atoms with Crippen LogP contribution in [0.15, 0.2) is 0 Å². The normalized spacial score (nSPS) is 24.2. The Morgan fingerprint density at radius 3 is 2.57 bits per heavy atom. The third-order valence-electron chi connectivity index (χ3n) is 2.49.